The van der Waals surface area contributed by atoms with Crippen molar-refractivity contribution in [2.45, 2.75) is 64.6 Å². The van der Waals surface area contributed by atoms with E-state index in [1.54, 1.807) is 0 Å². The molecule has 0 aliphatic carbocycles. The second kappa shape index (κ2) is 8.13. The Morgan fingerprint density at radius 2 is 2.16 bits per heavy atom. The van der Waals surface area contributed by atoms with Crippen LogP contribution in [0.3, 0.4) is 0 Å². The van der Waals surface area contributed by atoms with E-state index in [9.17, 15) is 4.79 Å². The molecule has 1 aliphatic heterocycles. The molecule has 0 saturated carbocycles. The number of nitrogens with one attached hydrogen (secondary N) is 1. The van der Waals surface area contributed by atoms with Gasteiger partial charge >= 0.3 is 6.09 Å². The number of hydrogen-bond donors (Lipinski definition) is 1. The molecule has 0 bridgehead atoms. The van der Waals surface area contributed by atoms with Crippen molar-refractivity contribution >= 4 is 23.4 Å². The average molecular weight is 365 g/mol. The van der Waals surface area contributed by atoms with Crippen LogP contribution in [0.15, 0.2) is 36.4 Å². The number of piperidine rings is 1. The Balaban J connectivity index is 2.19. The Morgan fingerprint density at radius 1 is 1.44 bits per heavy atom. The first-order chi connectivity index (χ1) is 11.7. The number of likely N-dealkylation sites (tertiary alicyclic amines) is 1. The number of anilines is 1. The van der Waals surface area contributed by atoms with E-state index >= 15 is 0 Å². The number of nitrogens with zero attached hydrogens (tertiary/aromatic N) is 1. The lowest BCUT2D eigenvalue weighted by molar-refractivity contribution is 0.00815. The second-order valence-corrected chi connectivity index (χ2v) is 8.24. The van der Waals surface area contributed by atoms with Crippen molar-refractivity contribution in [3.05, 3.63) is 41.4 Å². The highest BCUT2D eigenvalue weighted by atomic mass is 35.5. The van der Waals surface area contributed by atoms with Crippen LogP contribution in [0, 0.1) is 0 Å². The zero-order valence-electron chi connectivity index (χ0n) is 15.6. The number of carbonyl (C=O) groups is 1. The molecule has 1 aromatic rings. The Labute approximate surface area is 156 Å². The van der Waals surface area contributed by atoms with Crippen LogP contribution in [0.1, 0.15) is 47.0 Å². The molecule has 5 heteroatoms. The minimum atomic E-state index is -0.502. The number of halogens is 1. The maximum Gasteiger partial charge on any atom is 0.410 e. The van der Waals surface area contributed by atoms with Crippen LogP contribution in [-0.4, -0.2) is 35.2 Å². The fraction of sp³-hybridized carbons (Fsp3) is 0.550. The predicted octanol–water partition coefficient (Wildman–Crippen LogP) is 5.49. The van der Waals surface area contributed by atoms with E-state index in [1.165, 1.54) is 0 Å². The molecule has 25 heavy (non-hydrogen) atoms. The summed E-state index contributed by atoms with van der Waals surface area (Å²) in [5.41, 5.74) is 1.52. The van der Waals surface area contributed by atoms with Gasteiger partial charge in [-0.05, 0) is 65.2 Å². The Bertz CT molecular complexity index is 624. The van der Waals surface area contributed by atoms with Crippen LogP contribution in [0.2, 0.25) is 5.02 Å². The van der Waals surface area contributed by atoms with Crippen LogP contribution in [0.25, 0.3) is 0 Å². The molecule has 0 radical (unpaired) electrons. The molecule has 2 rings (SSSR count). The zero-order valence-corrected chi connectivity index (χ0v) is 16.4. The number of carbonyl (C=O) groups excluding carboxylic acids is 1. The number of ether oxygens (including phenoxy) is 1. The summed E-state index contributed by atoms with van der Waals surface area (Å²) in [6.07, 6.45) is 2.42. The lowest BCUT2D eigenvalue weighted by Crippen LogP contribution is -2.54. The van der Waals surface area contributed by atoms with E-state index in [2.05, 4.69) is 11.9 Å². The number of amides is 1. The van der Waals surface area contributed by atoms with Gasteiger partial charge in [-0.25, -0.2) is 4.79 Å². The third-order valence-corrected chi connectivity index (χ3v) is 4.38. The summed E-state index contributed by atoms with van der Waals surface area (Å²) in [4.78, 5) is 14.5. The normalized spacial score (nSPS) is 20.9. The number of rotatable bonds is 4. The van der Waals surface area contributed by atoms with Crippen LogP contribution in [0.4, 0.5) is 10.5 Å². The minimum absolute atomic E-state index is 0.0140. The Kier molecular flexibility index (Phi) is 6.39. The highest BCUT2D eigenvalue weighted by Crippen LogP contribution is 2.28. The molecule has 1 fully saturated rings. The molecule has 1 N–H and O–H groups in total. The van der Waals surface area contributed by atoms with Crippen LogP contribution in [0.5, 0.6) is 0 Å². The lowest BCUT2D eigenvalue weighted by atomic mass is 9.91. The molecule has 0 unspecified atom stereocenters. The van der Waals surface area contributed by atoms with Crippen molar-refractivity contribution in [3.8, 4) is 0 Å². The summed E-state index contributed by atoms with van der Waals surface area (Å²) in [6.45, 7) is 12.4. The monoisotopic (exact) mass is 364 g/mol. The third-order valence-electron chi connectivity index (χ3n) is 4.14. The predicted molar refractivity (Wildman–Crippen MR) is 104 cm³/mol. The van der Waals surface area contributed by atoms with Gasteiger partial charge in [-0.15, -0.1) is 6.58 Å². The first-order valence-electron chi connectivity index (χ1n) is 8.82. The van der Waals surface area contributed by atoms with Gasteiger partial charge < -0.3 is 15.0 Å². The van der Waals surface area contributed by atoms with Gasteiger partial charge in [0, 0.05) is 23.3 Å². The molecular formula is C20H29ClN2O2. The summed E-state index contributed by atoms with van der Waals surface area (Å²) < 4.78 is 5.62. The third kappa shape index (κ3) is 5.96. The first-order valence-corrected chi connectivity index (χ1v) is 9.19. The second-order valence-electron chi connectivity index (χ2n) is 7.81. The molecular weight excluding hydrogens is 336 g/mol. The molecule has 4 nitrogen and oxygen atoms in total. The van der Waals surface area contributed by atoms with Gasteiger partial charge in [-0.1, -0.05) is 23.2 Å². The van der Waals surface area contributed by atoms with E-state index in [-0.39, 0.29) is 18.2 Å². The van der Waals surface area contributed by atoms with E-state index in [4.69, 9.17) is 16.3 Å². The Hall–Kier alpha value is -1.68. The molecule has 0 aromatic heterocycles. The minimum Gasteiger partial charge on any atom is -0.444 e. The largest absolute Gasteiger partial charge is 0.444 e. The molecule has 1 heterocycles. The van der Waals surface area contributed by atoms with Gasteiger partial charge in [0.2, 0.25) is 0 Å². The quantitative estimate of drug-likeness (QED) is 0.718. The van der Waals surface area contributed by atoms with E-state index < -0.39 is 5.60 Å². The smallest absolute Gasteiger partial charge is 0.410 e. The summed E-state index contributed by atoms with van der Waals surface area (Å²) in [5.74, 6) is 0. The molecule has 1 amide bonds. The van der Waals surface area contributed by atoms with Gasteiger partial charge in [-0.3, -0.25) is 0 Å². The lowest BCUT2D eigenvalue weighted by Gasteiger charge is -2.42. The fourth-order valence-corrected chi connectivity index (χ4v) is 3.36. The standard InChI is InChI=1S/C20H29ClN2O2/c1-14(2)12-18-17(22-16-9-6-8-15(21)13-16)10-7-11-23(18)19(24)25-20(3,4)5/h6,8-9,13,17-18,22H,1,7,10-12H2,2-5H3/t17-,18-/m1/s1. The van der Waals surface area contributed by atoms with Gasteiger partial charge in [-0.2, -0.15) is 0 Å². The van der Waals surface area contributed by atoms with Crippen molar-refractivity contribution in [3.63, 3.8) is 0 Å². The number of hydrogen-bond acceptors (Lipinski definition) is 3. The van der Waals surface area contributed by atoms with Gasteiger partial charge in [0.25, 0.3) is 0 Å². The number of benzene rings is 1. The molecule has 138 valence electrons. The molecule has 1 aliphatic rings. The van der Waals surface area contributed by atoms with Crippen molar-refractivity contribution in [1.29, 1.82) is 0 Å². The highest BCUT2D eigenvalue weighted by Gasteiger charge is 2.36. The van der Waals surface area contributed by atoms with Crippen LogP contribution in [-0.2, 0) is 4.74 Å². The van der Waals surface area contributed by atoms with E-state index in [0.29, 0.717) is 11.6 Å². The van der Waals surface area contributed by atoms with Crippen molar-refractivity contribution in [2.24, 2.45) is 0 Å². The molecule has 1 aromatic carbocycles. The molecule has 0 spiro atoms. The average Bonchev–Trinajstić information content (AvgIpc) is 2.46. The highest BCUT2D eigenvalue weighted by molar-refractivity contribution is 6.30. The SMILES string of the molecule is C=C(C)C[C@@H]1[C@H](Nc2cccc(Cl)c2)CCCN1C(=O)OC(C)(C)C. The first kappa shape index (κ1) is 19.6. The van der Waals surface area contributed by atoms with Gasteiger partial charge in [0.1, 0.15) is 5.60 Å². The summed E-state index contributed by atoms with van der Waals surface area (Å²) in [5, 5.41) is 4.25. The molecule has 2 atom stereocenters. The van der Waals surface area contributed by atoms with E-state index in [1.807, 2.05) is 56.9 Å². The Morgan fingerprint density at radius 3 is 2.76 bits per heavy atom. The van der Waals surface area contributed by atoms with Gasteiger partial charge in [0.15, 0.2) is 0 Å². The summed E-state index contributed by atoms with van der Waals surface area (Å²) in [7, 11) is 0. The van der Waals surface area contributed by atoms with Crippen molar-refractivity contribution < 1.29 is 9.53 Å². The van der Waals surface area contributed by atoms with Crippen molar-refractivity contribution in [1.82, 2.24) is 4.90 Å². The van der Waals surface area contributed by atoms with Crippen LogP contribution < -0.4 is 5.32 Å². The molecule has 1 saturated heterocycles. The summed E-state index contributed by atoms with van der Waals surface area (Å²) >= 11 is 6.10. The maximum absolute atomic E-state index is 12.7. The van der Waals surface area contributed by atoms with Crippen LogP contribution >= 0.6 is 11.6 Å². The maximum atomic E-state index is 12.7. The summed E-state index contributed by atoms with van der Waals surface area (Å²) in [6, 6.07) is 7.83. The fourth-order valence-electron chi connectivity index (χ4n) is 3.17. The van der Waals surface area contributed by atoms with Gasteiger partial charge in [0.05, 0.1) is 6.04 Å². The topological polar surface area (TPSA) is 41.6 Å². The van der Waals surface area contributed by atoms with E-state index in [0.717, 1.165) is 30.5 Å². The van der Waals surface area contributed by atoms with Crippen molar-refractivity contribution in [2.75, 3.05) is 11.9 Å². The zero-order chi connectivity index (χ0) is 18.6.